The summed E-state index contributed by atoms with van der Waals surface area (Å²) in [5, 5.41) is 12.4. The molecule has 1 aromatic carbocycles. The number of para-hydroxylation sites is 1. The molecular formula is C17H25N3. The molecule has 1 heterocycles. The van der Waals surface area contributed by atoms with Crippen LogP contribution in [0.15, 0.2) is 30.3 Å². The van der Waals surface area contributed by atoms with Gasteiger partial charge >= 0.3 is 0 Å². The van der Waals surface area contributed by atoms with Gasteiger partial charge in [-0.3, -0.25) is 0 Å². The van der Waals surface area contributed by atoms with Crippen LogP contribution in [0.2, 0.25) is 0 Å². The number of anilines is 1. The van der Waals surface area contributed by atoms with E-state index in [1.807, 2.05) is 0 Å². The largest absolute Gasteiger partial charge is 0.370 e. The van der Waals surface area contributed by atoms with Crippen molar-refractivity contribution < 1.29 is 0 Å². The third kappa shape index (κ3) is 4.25. The molecule has 1 atom stereocenters. The quantitative estimate of drug-likeness (QED) is 0.863. The summed E-state index contributed by atoms with van der Waals surface area (Å²) in [6, 6.07) is 13.4. The Morgan fingerprint density at radius 2 is 2.10 bits per heavy atom. The molecule has 0 aromatic heterocycles. The number of rotatable bonds is 6. The van der Waals surface area contributed by atoms with Gasteiger partial charge in [-0.05, 0) is 30.4 Å². The van der Waals surface area contributed by atoms with E-state index in [4.69, 9.17) is 5.26 Å². The van der Waals surface area contributed by atoms with Crippen molar-refractivity contribution in [3.63, 3.8) is 0 Å². The Kier molecular flexibility index (Phi) is 5.03. The van der Waals surface area contributed by atoms with E-state index in [-0.39, 0.29) is 5.41 Å². The van der Waals surface area contributed by atoms with Crippen LogP contribution in [0.25, 0.3) is 0 Å². The van der Waals surface area contributed by atoms with Crippen molar-refractivity contribution in [3.8, 4) is 6.07 Å². The maximum atomic E-state index is 8.69. The van der Waals surface area contributed by atoms with Gasteiger partial charge in [-0.25, -0.2) is 0 Å². The van der Waals surface area contributed by atoms with Gasteiger partial charge in [-0.15, -0.1) is 0 Å². The van der Waals surface area contributed by atoms with Gasteiger partial charge in [0.25, 0.3) is 0 Å². The van der Waals surface area contributed by atoms with Gasteiger partial charge < -0.3 is 10.2 Å². The second-order valence-electron chi connectivity index (χ2n) is 6.47. The van der Waals surface area contributed by atoms with E-state index in [0.717, 1.165) is 26.1 Å². The number of hydrogen-bond donors (Lipinski definition) is 1. The highest BCUT2D eigenvalue weighted by atomic mass is 15.2. The highest BCUT2D eigenvalue weighted by Gasteiger charge is 2.25. The Morgan fingerprint density at radius 3 is 2.80 bits per heavy atom. The topological polar surface area (TPSA) is 39.1 Å². The van der Waals surface area contributed by atoms with Gasteiger partial charge in [0.1, 0.15) is 0 Å². The van der Waals surface area contributed by atoms with Crippen molar-refractivity contribution in [1.82, 2.24) is 5.32 Å². The zero-order valence-electron chi connectivity index (χ0n) is 12.6. The van der Waals surface area contributed by atoms with Crippen LogP contribution in [0.5, 0.6) is 0 Å². The minimum Gasteiger partial charge on any atom is -0.370 e. The molecule has 1 aromatic rings. The van der Waals surface area contributed by atoms with Crippen LogP contribution in [0.1, 0.15) is 33.1 Å². The highest BCUT2D eigenvalue weighted by Crippen LogP contribution is 2.23. The third-order valence-corrected chi connectivity index (χ3v) is 4.09. The van der Waals surface area contributed by atoms with Crippen molar-refractivity contribution in [2.24, 2.45) is 5.41 Å². The van der Waals surface area contributed by atoms with Crippen molar-refractivity contribution >= 4 is 5.69 Å². The Hall–Kier alpha value is -1.53. The van der Waals surface area contributed by atoms with Crippen molar-refractivity contribution in [3.05, 3.63) is 30.3 Å². The SMILES string of the molecule is CC(C)(CCC#N)CN[C@@H]1CCN(c2ccccc2)C1. The number of hydrogen-bond acceptors (Lipinski definition) is 3. The number of nitriles is 1. The van der Waals surface area contributed by atoms with Crippen molar-refractivity contribution in [2.45, 2.75) is 39.2 Å². The van der Waals surface area contributed by atoms with E-state index in [1.165, 1.54) is 12.1 Å². The highest BCUT2D eigenvalue weighted by molar-refractivity contribution is 5.47. The summed E-state index contributed by atoms with van der Waals surface area (Å²) < 4.78 is 0. The van der Waals surface area contributed by atoms with Crippen LogP contribution in [0.3, 0.4) is 0 Å². The van der Waals surface area contributed by atoms with Gasteiger partial charge in [0, 0.05) is 37.8 Å². The lowest BCUT2D eigenvalue weighted by atomic mass is 9.88. The van der Waals surface area contributed by atoms with Crippen LogP contribution in [0.4, 0.5) is 5.69 Å². The Morgan fingerprint density at radius 1 is 1.35 bits per heavy atom. The monoisotopic (exact) mass is 271 g/mol. The summed E-state index contributed by atoms with van der Waals surface area (Å²) in [6.07, 6.45) is 2.81. The van der Waals surface area contributed by atoms with Gasteiger partial charge in [-0.2, -0.15) is 5.26 Å². The first kappa shape index (κ1) is 14.9. The molecular weight excluding hydrogens is 246 g/mol. The van der Waals surface area contributed by atoms with Crippen LogP contribution in [-0.2, 0) is 0 Å². The molecule has 0 spiro atoms. The lowest BCUT2D eigenvalue weighted by Gasteiger charge is -2.26. The van der Waals surface area contributed by atoms with Crippen molar-refractivity contribution in [2.75, 3.05) is 24.5 Å². The molecule has 1 fully saturated rings. The molecule has 1 aliphatic heterocycles. The predicted molar refractivity (Wildman–Crippen MR) is 83.7 cm³/mol. The molecule has 108 valence electrons. The van der Waals surface area contributed by atoms with E-state index in [0.29, 0.717) is 12.5 Å². The van der Waals surface area contributed by atoms with E-state index in [9.17, 15) is 0 Å². The first-order valence-corrected chi connectivity index (χ1v) is 7.51. The van der Waals surface area contributed by atoms with Crippen LogP contribution < -0.4 is 10.2 Å². The second kappa shape index (κ2) is 6.76. The molecule has 2 rings (SSSR count). The molecule has 3 heteroatoms. The Bertz CT molecular complexity index is 447. The summed E-state index contributed by atoms with van der Waals surface area (Å²) in [5.74, 6) is 0. The van der Waals surface area contributed by atoms with E-state index >= 15 is 0 Å². The number of nitrogens with zero attached hydrogens (tertiary/aromatic N) is 2. The van der Waals surface area contributed by atoms with Crippen molar-refractivity contribution in [1.29, 1.82) is 5.26 Å². The molecule has 0 unspecified atom stereocenters. The molecule has 20 heavy (non-hydrogen) atoms. The summed E-state index contributed by atoms with van der Waals surface area (Å²) in [7, 11) is 0. The third-order valence-electron chi connectivity index (χ3n) is 4.09. The summed E-state index contributed by atoms with van der Waals surface area (Å²) in [6.45, 7) is 7.67. The molecule has 0 radical (unpaired) electrons. The zero-order valence-corrected chi connectivity index (χ0v) is 12.6. The molecule has 1 saturated heterocycles. The molecule has 1 aliphatic rings. The second-order valence-corrected chi connectivity index (χ2v) is 6.47. The van der Waals surface area contributed by atoms with Crippen LogP contribution in [-0.4, -0.2) is 25.7 Å². The minimum absolute atomic E-state index is 0.204. The summed E-state index contributed by atoms with van der Waals surface area (Å²) in [5.41, 5.74) is 1.52. The lowest BCUT2D eigenvalue weighted by Crippen LogP contribution is -2.38. The van der Waals surface area contributed by atoms with Gasteiger partial charge in [0.15, 0.2) is 0 Å². The van der Waals surface area contributed by atoms with Gasteiger partial charge in [-0.1, -0.05) is 32.0 Å². The summed E-state index contributed by atoms with van der Waals surface area (Å²) in [4.78, 5) is 2.44. The molecule has 0 bridgehead atoms. The van der Waals surface area contributed by atoms with Crippen LogP contribution >= 0.6 is 0 Å². The average molecular weight is 271 g/mol. The predicted octanol–water partition coefficient (Wildman–Crippen LogP) is 3.18. The average Bonchev–Trinajstić information content (AvgIpc) is 2.93. The smallest absolute Gasteiger partial charge is 0.0621 e. The Labute approximate surface area is 122 Å². The molecule has 0 amide bonds. The van der Waals surface area contributed by atoms with E-state index < -0.39 is 0 Å². The zero-order chi connectivity index (χ0) is 14.4. The Balaban J connectivity index is 1.78. The van der Waals surface area contributed by atoms with Crippen LogP contribution in [0, 0.1) is 16.7 Å². The van der Waals surface area contributed by atoms with E-state index in [1.54, 1.807) is 0 Å². The molecule has 0 aliphatic carbocycles. The standard InChI is InChI=1S/C17H25N3/c1-17(2,10-6-11-18)14-19-15-9-12-20(13-15)16-7-4-3-5-8-16/h3-5,7-8,15,19H,6,9-10,12-14H2,1-2H3/t15-/m1/s1. The first-order chi connectivity index (χ1) is 9.61. The first-order valence-electron chi connectivity index (χ1n) is 7.51. The fourth-order valence-corrected chi connectivity index (χ4v) is 2.70. The van der Waals surface area contributed by atoms with Gasteiger partial charge in [0.2, 0.25) is 0 Å². The normalized spacial score (nSPS) is 19.1. The minimum atomic E-state index is 0.204. The lowest BCUT2D eigenvalue weighted by molar-refractivity contribution is 0.303. The fourth-order valence-electron chi connectivity index (χ4n) is 2.70. The maximum absolute atomic E-state index is 8.69. The number of nitrogens with one attached hydrogen (secondary N) is 1. The molecule has 0 saturated carbocycles. The molecule has 1 N–H and O–H groups in total. The maximum Gasteiger partial charge on any atom is 0.0621 e. The fraction of sp³-hybridized carbons (Fsp3) is 0.588. The molecule has 3 nitrogen and oxygen atoms in total. The van der Waals surface area contributed by atoms with Gasteiger partial charge in [0.05, 0.1) is 6.07 Å². The van der Waals surface area contributed by atoms with E-state index in [2.05, 4.69) is 60.5 Å². The number of benzene rings is 1. The summed E-state index contributed by atoms with van der Waals surface area (Å²) >= 11 is 0.